The van der Waals surface area contributed by atoms with E-state index in [2.05, 4.69) is 24.5 Å². The second-order valence-electron chi connectivity index (χ2n) is 12.6. The van der Waals surface area contributed by atoms with Gasteiger partial charge in [0.05, 0.1) is 22.9 Å². The Labute approximate surface area is 204 Å². The van der Waals surface area contributed by atoms with Gasteiger partial charge in [0.1, 0.15) is 11.1 Å². The van der Waals surface area contributed by atoms with Crippen molar-refractivity contribution in [1.29, 1.82) is 0 Å². The fraction of sp³-hybridized carbons (Fsp3) is 0.593. The highest BCUT2D eigenvalue weighted by Crippen LogP contribution is 2.71. The molecule has 5 atom stereocenters. The van der Waals surface area contributed by atoms with Crippen LogP contribution in [-0.2, 0) is 19.8 Å². The van der Waals surface area contributed by atoms with Crippen LogP contribution in [0.25, 0.3) is 0 Å². The van der Waals surface area contributed by atoms with Crippen LogP contribution >= 0.6 is 0 Å². The molecule has 6 aliphatic heterocycles. The van der Waals surface area contributed by atoms with Gasteiger partial charge in [0.2, 0.25) is 17.7 Å². The first-order valence-electron chi connectivity index (χ1n) is 12.5. The number of piperazine rings is 1. The Morgan fingerprint density at radius 2 is 1.83 bits per heavy atom. The van der Waals surface area contributed by atoms with E-state index in [-0.39, 0.29) is 29.6 Å². The van der Waals surface area contributed by atoms with Crippen LogP contribution in [0.15, 0.2) is 24.5 Å². The van der Waals surface area contributed by atoms with E-state index in [1.165, 1.54) is 0 Å². The highest BCUT2D eigenvalue weighted by Gasteiger charge is 2.79. The predicted molar refractivity (Wildman–Crippen MR) is 127 cm³/mol. The summed E-state index contributed by atoms with van der Waals surface area (Å²) in [7, 11) is 0. The molecule has 3 amide bonds. The Morgan fingerprint density at radius 3 is 2.60 bits per heavy atom. The zero-order valence-corrected chi connectivity index (χ0v) is 20.8. The Balaban J connectivity index is 1.39. The van der Waals surface area contributed by atoms with Crippen molar-refractivity contribution < 1.29 is 23.9 Å². The molecular weight excluding hydrogens is 446 g/mol. The summed E-state index contributed by atoms with van der Waals surface area (Å²) in [4.78, 5) is 42.4. The number of rotatable bonds is 0. The molecule has 0 aromatic heterocycles. The molecule has 1 aromatic carbocycles. The number of carbonyl (C=O) groups is 3. The minimum absolute atomic E-state index is 0.0496. The number of fused-ring (bicyclic) bond motifs is 5. The van der Waals surface area contributed by atoms with Gasteiger partial charge in [-0.2, -0.15) is 0 Å². The smallest absolute Gasteiger partial charge is 0.246 e. The molecule has 8 rings (SSSR count). The number of hydrogen-bond acceptors (Lipinski definition) is 5. The summed E-state index contributed by atoms with van der Waals surface area (Å²) in [6.45, 7) is 10.6. The van der Waals surface area contributed by atoms with Crippen LogP contribution in [-0.4, -0.2) is 45.8 Å². The number of nitrogens with zero attached hydrogens (tertiary/aromatic N) is 1. The molecule has 8 nitrogen and oxygen atoms in total. The molecule has 0 radical (unpaired) electrons. The molecule has 7 aliphatic rings. The van der Waals surface area contributed by atoms with Gasteiger partial charge in [0, 0.05) is 12.5 Å². The maximum atomic E-state index is 14.0. The minimum atomic E-state index is -0.871. The van der Waals surface area contributed by atoms with E-state index in [0.717, 1.165) is 5.56 Å². The summed E-state index contributed by atoms with van der Waals surface area (Å²) in [5, 5.41) is 6.49. The molecule has 8 heteroatoms. The van der Waals surface area contributed by atoms with Crippen LogP contribution in [0, 0.1) is 17.3 Å². The lowest BCUT2D eigenvalue weighted by atomic mass is 9.57. The van der Waals surface area contributed by atoms with Crippen molar-refractivity contribution in [3.05, 3.63) is 30.0 Å². The molecule has 1 aliphatic carbocycles. The fourth-order valence-electron chi connectivity index (χ4n) is 8.46. The number of piperidine rings is 2. The normalized spacial score (nSPS) is 40.8. The zero-order valence-electron chi connectivity index (χ0n) is 20.8. The van der Waals surface area contributed by atoms with E-state index in [1.807, 2.05) is 43.9 Å². The molecule has 184 valence electrons. The van der Waals surface area contributed by atoms with E-state index in [9.17, 15) is 14.4 Å². The summed E-state index contributed by atoms with van der Waals surface area (Å²) in [5.41, 5.74) is -1.82. The number of ether oxygens (including phenoxy) is 2. The van der Waals surface area contributed by atoms with Gasteiger partial charge in [-0.1, -0.05) is 26.8 Å². The van der Waals surface area contributed by atoms with E-state index in [1.54, 1.807) is 6.26 Å². The highest BCUT2D eigenvalue weighted by atomic mass is 16.5. The lowest BCUT2D eigenvalue weighted by Gasteiger charge is -2.60. The van der Waals surface area contributed by atoms with Crippen molar-refractivity contribution >= 4 is 23.4 Å². The second-order valence-corrected chi connectivity index (χ2v) is 12.6. The monoisotopic (exact) mass is 477 g/mol. The molecule has 5 unspecified atom stereocenters. The number of anilines is 1. The van der Waals surface area contributed by atoms with Crippen molar-refractivity contribution in [1.82, 2.24) is 10.2 Å². The predicted octanol–water partition coefficient (Wildman–Crippen LogP) is 2.87. The first-order chi connectivity index (χ1) is 16.4. The van der Waals surface area contributed by atoms with Crippen LogP contribution in [0.1, 0.15) is 59.4 Å². The van der Waals surface area contributed by atoms with Crippen LogP contribution in [0.4, 0.5) is 5.69 Å². The first-order valence-corrected chi connectivity index (χ1v) is 12.5. The number of carbonyl (C=O) groups excluding carboxylic acids is 3. The molecule has 2 bridgehead atoms. The van der Waals surface area contributed by atoms with Gasteiger partial charge in [-0.05, 0) is 62.1 Å². The van der Waals surface area contributed by atoms with Gasteiger partial charge in [0.25, 0.3) is 0 Å². The quantitative estimate of drug-likeness (QED) is 0.599. The third-order valence-corrected chi connectivity index (χ3v) is 10.1. The maximum Gasteiger partial charge on any atom is 0.246 e. The van der Waals surface area contributed by atoms with Gasteiger partial charge in [-0.15, -0.1) is 0 Å². The molecular formula is C27H31N3O5. The molecule has 3 spiro atoms. The lowest BCUT2D eigenvalue weighted by Crippen LogP contribution is -2.79. The van der Waals surface area contributed by atoms with Crippen molar-refractivity contribution in [2.45, 2.75) is 76.0 Å². The van der Waals surface area contributed by atoms with Crippen LogP contribution in [0.5, 0.6) is 11.5 Å². The Kier molecular flexibility index (Phi) is 3.55. The van der Waals surface area contributed by atoms with Gasteiger partial charge >= 0.3 is 0 Å². The average molecular weight is 478 g/mol. The number of benzene rings is 1. The molecule has 1 aromatic rings. The summed E-state index contributed by atoms with van der Waals surface area (Å²) < 4.78 is 12.2. The Morgan fingerprint density at radius 1 is 1.06 bits per heavy atom. The second kappa shape index (κ2) is 5.85. The minimum Gasteiger partial charge on any atom is -0.480 e. The molecule has 35 heavy (non-hydrogen) atoms. The van der Waals surface area contributed by atoms with Crippen molar-refractivity contribution in [3.8, 4) is 11.5 Å². The van der Waals surface area contributed by atoms with Crippen LogP contribution in [0.2, 0.25) is 0 Å². The van der Waals surface area contributed by atoms with Gasteiger partial charge < -0.3 is 25.0 Å². The number of nitrogens with one attached hydrogen (secondary N) is 2. The van der Waals surface area contributed by atoms with E-state index < -0.39 is 27.5 Å². The van der Waals surface area contributed by atoms with Gasteiger partial charge in [-0.25, -0.2) is 0 Å². The third kappa shape index (κ3) is 2.19. The van der Waals surface area contributed by atoms with Crippen LogP contribution < -0.4 is 20.1 Å². The molecule has 6 heterocycles. The summed E-state index contributed by atoms with van der Waals surface area (Å²) >= 11 is 0. The average Bonchev–Trinajstić information content (AvgIpc) is 3.21. The standard InChI is InChI=1S/C27H31N3O5/c1-14-10-26-11-17-24(4,5)27(12-25(17,29-21(26)32)13-30(26)20(14)31)15-6-7-16-19(18(15)28-22(27)33)34-9-8-23(2,3)35-16/h6-9,14,17H,10-13H2,1-5H3,(H,28,33)(H,29,32). The number of hydrogen-bond donors (Lipinski definition) is 2. The fourth-order valence-corrected chi connectivity index (χ4v) is 8.46. The summed E-state index contributed by atoms with van der Waals surface area (Å²) in [6.07, 6.45) is 5.03. The van der Waals surface area contributed by atoms with Crippen molar-refractivity contribution in [3.63, 3.8) is 0 Å². The van der Waals surface area contributed by atoms with E-state index in [4.69, 9.17) is 9.47 Å². The lowest BCUT2D eigenvalue weighted by molar-refractivity contribution is -0.164. The summed E-state index contributed by atoms with van der Waals surface area (Å²) in [5.74, 6) is 0.889. The summed E-state index contributed by atoms with van der Waals surface area (Å²) in [6, 6.07) is 3.87. The molecule has 4 saturated heterocycles. The van der Waals surface area contributed by atoms with Crippen LogP contribution in [0.3, 0.4) is 0 Å². The van der Waals surface area contributed by atoms with Gasteiger partial charge in [0.15, 0.2) is 11.5 Å². The van der Waals surface area contributed by atoms with E-state index in [0.29, 0.717) is 43.0 Å². The molecule has 1 saturated carbocycles. The van der Waals surface area contributed by atoms with Crippen molar-refractivity contribution in [2.75, 3.05) is 11.9 Å². The molecule has 5 fully saturated rings. The Hall–Kier alpha value is -3.03. The Bertz CT molecular complexity index is 1280. The number of amides is 3. The topological polar surface area (TPSA) is 97.0 Å². The maximum absolute atomic E-state index is 14.0. The highest BCUT2D eigenvalue weighted by molar-refractivity contribution is 6.10. The van der Waals surface area contributed by atoms with Crippen molar-refractivity contribution in [2.24, 2.45) is 17.3 Å². The third-order valence-electron chi connectivity index (χ3n) is 10.1. The van der Waals surface area contributed by atoms with E-state index >= 15 is 0 Å². The molecule has 2 N–H and O–H groups in total. The SMILES string of the molecule is CC1CC23CC4C(CN2C1=O)(CC1(C(=O)Nc2c1ccc1c2OC=CC(C)(C)O1)C4(C)C)NC3=O. The zero-order chi connectivity index (χ0) is 24.8. The largest absolute Gasteiger partial charge is 0.480 e. The van der Waals surface area contributed by atoms with Gasteiger partial charge in [-0.3, -0.25) is 14.4 Å². The first kappa shape index (κ1) is 21.3.